The van der Waals surface area contributed by atoms with Crippen molar-refractivity contribution in [2.45, 2.75) is 38.5 Å². The SMILES string of the molecule is CC(C)C(=O)N1CCC(NS(=O)(=O)Cc2ccccc2)CC1. The number of benzene rings is 1. The van der Waals surface area contributed by atoms with E-state index in [9.17, 15) is 13.2 Å². The number of carbonyl (C=O) groups is 1. The van der Waals surface area contributed by atoms with E-state index in [1.165, 1.54) is 0 Å². The van der Waals surface area contributed by atoms with Crippen LogP contribution in [-0.2, 0) is 20.6 Å². The number of hydrogen-bond acceptors (Lipinski definition) is 3. The summed E-state index contributed by atoms with van der Waals surface area (Å²) in [6.07, 6.45) is 1.35. The van der Waals surface area contributed by atoms with E-state index in [4.69, 9.17) is 0 Å². The molecule has 1 heterocycles. The monoisotopic (exact) mass is 324 g/mol. The maximum atomic E-state index is 12.2. The van der Waals surface area contributed by atoms with Crippen LogP contribution in [-0.4, -0.2) is 38.4 Å². The fourth-order valence-corrected chi connectivity index (χ4v) is 4.13. The predicted octanol–water partition coefficient (Wildman–Crippen LogP) is 1.75. The molecule has 5 nitrogen and oxygen atoms in total. The van der Waals surface area contributed by atoms with E-state index in [1.807, 2.05) is 49.1 Å². The molecule has 2 rings (SSSR count). The smallest absolute Gasteiger partial charge is 0.225 e. The van der Waals surface area contributed by atoms with E-state index >= 15 is 0 Å². The number of piperidine rings is 1. The Hall–Kier alpha value is -1.40. The number of hydrogen-bond donors (Lipinski definition) is 1. The highest BCUT2D eigenvalue weighted by Gasteiger charge is 2.26. The quantitative estimate of drug-likeness (QED) is 0.897. The Balaban J connectivity index is 1.86. The number of likely N-dealkylation sites (tertiary alicyclic amines) is 1. The normalized spacial score (nSPS) is 17.0. The number of sulfonamides is 1. The first-order valence-corrected chi connectivity index (χ1v) is 9.35. The molecule has 6 heteroatoms. The van der Waals surface area contributed by atoms with E-state index < -0.39 is 10.0 Å². The topological polar surface area (TPSA) is 66.5 Å². The van der Waals surface area contributed by atoms with Crippen molar-refractivity contribution in [3.05, 3.63) is 35.9 Å². The van der Waals surface area contributed by atoms with Gasteiger partial charge in [0, 0.05) is 25.0 Å². The Kier molecular flexibility index (Phi) is 5.58. The van der Waals surface area contributed by atoms with Crippen LogP contribution in [0, 0.1) is 5.92 Å². The minimum atomic E-state index is -3.34. The van der Waals surface area contributed by atoms with E-state index in [-0.39, 0.29) is 23.6 Å². The molecule has 0 aliphatic carbocycles. The van der Waals surface area contributed by atoms with Crippen LogP contribution in [0.3, 0.4) is 0 Å². The summed E-state index contributed by atoms with van der Waals surface area (Å²) in [6, 6.07) is 9.07. The molecule has 0 radical (unpaired) electrons. The van der Waals surface area contributed by atoms with Gasteiger partial charge in [-0.3, -0.25) is 4.79 Å². The number of carbonyl (C=O) groups excluding carboxylic acids is 1. The molecule has 0 aromatic heterocycles. The highest BCUT2D eigenvalue weighted by atomic mass is 32.2. The summed E-state index contributed by atoms with van der Waals surface area (Å²) in [5, 5.41) is 0. The van der Waals surface area contributed by atoms with Gasteiger partial charge in [-0.1, -0.05) is 44.2 Å². The van der Waals surface area contributed by atoms with Crippen LogP contribution < -0.4 is 4.72 Å². The fraction of sp³-hybridized carbons (Fsp3) is 0.562. The molecule has 0 atom stereocenters. The Morgan fingerprint density at radius 3 is 2.36 bits per heavy atom. The molecule has 1 saturated heterocycles. The van der Waals surface area contributed by atoms with E-state index in [0.717, 1.165) is 5.56 Å². The molecule has 0 saturated carbocycles. The molecule has 1 aliphatic rings. The summed E-state index contributed by atoms with van der Waals surface area (Å²) in [7, 11) is -3.34. The second-order valence-electron chi connectivity index (χ2n) is 6.12. The second-order valence-corrected chi connectivity index (χ2v) is 7.87. The van der Waals surface area contributed by atoms with E-state index in [2.05, 4.69) is 4.72 Å². The van der Waals surface area contributed by atoms with Crippen LogP contribution in [0.5, 0.6) is 0 Å². The highest BCUT2D eigenvalue weighted by molar-refractivity contribution is 7.88. The van der Waals surface area contributed by atoms with Gasteiger partial charge in [-0.15, -0.1) is 0 Å². The lowest BCUT2D eigenvalue weighted by atomic mass is 10.0. The van der Waals surface area contributed by atoms with Crippen molar-refractivity contribution in [2.75, 3.05) is 13.1 Å². The number of rotatable bonds is 5. The molecular formula is C16H24N2O3S. The van der Waals surface area contributed by atoms with E-state index in [0.29, 0.717) is 25.9 Å². The average Bonchev–Trinajstić information content (AvgIpc) is 2.47. The molecule has 1 aromatic carbocycles. The van der Waals surface area contributed by atoms with Crippen molar-refractivity contribution in [2.24, 2.45) is 5.92 Å². The largest absolute Gasteiger partial charge is 0.342 e. The molecule has 1 N–H and O–H groups in total. The summed E-state index contributed by atoms with van der Waals surface area (Å²) in [5.74, 6) is 0.135. The molecule has 22 heavy (non-hydrogen) atoms. The van der Waals surface area contributed by atoms with Crippen LogP contribution >= 0.6 is 0 Å². The lowest BCUT2D eigenvalue weighted by Gasteiger charge is -2.33. The lowest BCUT2D eigenvalue weighted by Crippen LogP contribution is -2.47. The van der Waals surface area contributed by atoms with Crippen molar-refractivity contribution >= 4 is 15.9 Å². The third kappa shape index (κ3) is 4.81. The number of nitrogens with one attached hydrogen (secondary N) is 1. The summed E-state index contributed by atoms with van der Waals surface area (Å²) >= 11 is 0. The van der Waals surface area contributed by atoms with Crippen molar-refractivity contribution in [3.8, 4) is 0 Å². The average molecular weight is 324 g/mol. The van der Waals surface area contributed by atoms with Gasteiger partial charge in [0.2, 0.25) is 15.9 Å². The van der Waals surface area contributed by atoms with Crippen LogP contribution in [0.15, 0.2) is 30.3 Å². The third-order valence-electron chi connectivity index (χ3n) is 3.85. The molecule has 1 fully saturated rings. The molecule has 1 aromatic rings. The maximum Gasteiger partial charge on any atom is 0.225 e. The Morgan fingerprint density at radius 2 is 1.82 bits per heavy atom. The summed E-state index contributed by atoms with van der Waals surface area (Å²) < 4.78 is 27.2. The third-order valence-corrected chi connectivity index (χ3v) is 5.25. The van der Waals surface area contributed by atoms with Gasteiger partial charge in [-0.25, -0.2) is 13.1 Å². The van der Waals surface area contributed by atoms with Crippen LogP contribution in [0.2, 0.25) is 0 Å². The van der Waals surface area contributed by atoms with Gasteiger partial charge in [0.15, 0.2) is 0 Å². The first-order chi connectivity index (χ1) is 10.4. The molecule has 0 unspecified atom stereocenters. The molecule has 0 bridgehead atoms. The van der Waals surface area contributed by atoms with Gasteiger partial charge in [0.05, 0.1) is 5.75 Å². The first kappa shape index (κ1) is 17.0. The van der Waals surface area contributed by atoms with Gasteiger partial charge >= 0.3 is 0 Å². The van der Waals surface area contributed by atoms with Crippen molar-refractivity contribution in [1.82, 2.24) is 9.62 Å². The summed E-state index contributed by atoms with van der Waals surface area (Å²) in [5.41, 5.74) is 0.780. The van der Waals surface area contributed by atoms with Crippen LogP contribution in [0.4, 0.5) is 0 Å². The van der Waals surface area contributed by atoms with Gasteiger partial charge in [0.25, 0.3) is 0 Å². The predicted molar refractivity (Wildman–Crippen MR) is 86.6 cm³/mol. The van der Waals surface area contributed by atoms with Crippen molar-refractivity contribution in [3.63, 3.8) is 0 Å². The molecule has 1 amide bonds. The Bertz CT molecular complexity index is 591. The molecule has 122 valence electrons. The van der Waals surface area contributed by atoms with Crippen molar-refractivity contribution in [1.29, 1.82) is 0 Å². The van der Waals surface area contributed by atoms with E-state index in [1.54, 1.807) is 0 Å². The minimum Gasteiger partial charge on any atom is -0.342 e. The number of amides is 1. The zero-order valence-corrected chi connectivity index (χ0v) is 14.0. The summed E-state index contributed by atoms with van der Waals surface area (Å²) in [4.78, 5) is 13.7. The van der Waals surface area contributed by atoms with Gasteiger partial charge < -0.3 is 4.90 Å². The number of nitrogens with zero attached hydrogens (tertiary/aromatic N) is 1. The molecule has 0 spiro atoms. The standard InChI is InChI=1S/C16H24N2O3S/c1-13(2)16(19)18-10-8-15(9-11-18)17-22(20,21)12-14-6-4-3-5-7-14/h3-7,13,15,17H,8-12H2,1-2H3. The Morgan fingerprint density at radius 1 is 1.23 bits per heavy atom. The van der Waals surface area contributed by atoms with Crippen LogP contribution in [0.25, 0.3) is 0 Å². The first-order valence-electron chi connectivity index (χ1n) is 7.70. The second kappa shape index (κ2) is 7.24. The van der Waals surface area contributed by atoms with Crippen molar-refractivity contribution < 1.29 is 13.2 Å². The lowest BCUT2D eigenvalue weighted by molar-refractivity contribution is -0.135. The highest BCUT2D eigenvalue weighted by Crippen LogP contribution is 2.15. The fourth-order valence-electron chi connectivity index (χ4n) is 2.67. The van der Waals surface area contributed by atoms with Gasteiger partial charge in [-0.05, 0) is 18.4 Å². The zero-order chi connectivity index (χ0) is 16.2. The zero-order valence-electron chi connectivity index (χ0n) is 13.2. The van der Waals surface area contributed by atoms with Gasteiger partial charge in [-0.2, -0.15) is 0 Å². The van der Waals surface area contributed by atoms with Crippen LogP contribution in [0.1, 0.15) is 32.3 Å². The molecular weight excluding hydrogens is 300 g/mol. The Labute approximate surface area is 132 Å². The summed E-state index contributed by atoms with van der Waals surface area (Å²) in [6.45, 7) is 5.01. The minimum absolute atomic E-state index is 0.00101. The molecule has 1 aliphatic heterocycles. The maximum absolute atomic E-state index is 12.2. The van der Waals surface area contributed by atoms with Gasteiger partial charge in [0.1, 0.15) is 0 Å².